The number of aliphatic imine (C=N–C) groups is 1. The van der Waals surface area contributed by atoms with Gasteiger partial charge in [-0.3, -0.25) is 14.7 Å². The van der Waals surface area contributed by atoms with Crippen LogP contribution in [0.15, 0.2) is 23.2 Å². The van der Waals surface area contributed by atoms with E-state index >= 15 is 0 Å². The summed E-state index contributed by atoms with van der Waals surface area (Å²) in [7, 11) is 0. The van der Waals surface area contributed by atoms with Gasteiger partial charge in [-0.1, -0.05) is 17.7 Å². The number of carbonyl (C=O) groups is 1. The second kappa shape index (κ2) is 12.6. The summed E-state index contributed by atoms with van der Waals surface area (Å²) >= 11 is 6.09. The number of halogens is 1. The van der Waals surface area contributed by atoms with Crippen LogP contribution in [0.25, 0.3) is 0 Å². The molecule has 0 aromatic heterocycles. The minimum Gasteiger partial charge on any atom is -0.379 e. The number of ether oxygens (including phenoxy) is 1. The van der Waals surface area contributed by atoms with Gasteiger partial charge in [-0.05, 0) is 38.0 Å². The number of nitrogens with one attached hydrogen (secondary N) is 3. The predicted octanol–water partition coefficient (Wildman–Crippen LogP) is 2.25. The molecule has 3 N–H and O–H groups in total. The van der Waals surface area contributed by atoms with Gasteiger partial charge in [0.2, 0.25) is 5.91 Å². The van der Waals surface area contributed by atoms with Crippen molar-refractivity contribution >= 4 is 29.2 Å². The van der Waals surface area contributed by atoms with Crippen LogP contribution in [0.1, 0.15) is 25.3 Å². The minimum atomic E-state index is -0.0546. The highest BCUT2D eigenvalue weighted by molar-refractivity contribution is 6.31. The smallest absolute Gasteiger partial charge is 0.226 e. The van der Waals surface area contributed by atoms with E-state index in [9.17, 15) is 4.79 Å². The van der Waals surface area contributed by atoms with E-state index in [0.29, 0.717) is 18.0 Å². The fourth-order valence-corrected chi connectivity index (χ4v) is 3.08. The lowest BCUT2D eigenvalue weighted by Crippen LogP contribution is -2.39. The molecular weight excluding hydrogens is 378 g/mol. The monoisotopic (exact) mass is 409 g/mol. The number of morpholine rings is 1. The zero-order chi connectivity index (χ0) is 20.2. The molecule has 0 unspecified atom stereocenters. The number of anilines is 1. The maximum absolute atomic E-state index is 12.2. The molecule has 1 fully saturated rings. The first-order chi connectivity index (χ1) is 13.6. The fourth-order valence-electron chi connectivity index (χ4n) is 2.90. The maximum atomic E-state index is 12.2. The van der Waals surface area contributed by atoms with Gasteiger partial charge < -0.3 is 20.7 Å². The van der Waals surface area contributed by atoms with Crippen molar-refractivity contribution in [3.63, 3.8) is 0 Å². The SMILES string of the molecule is CCNC(=NCCCN1CCOCC1)NCCC(=O)Nc1cccc(Cl)c1C. The molecule has 1 aliphatic heterocycles. The van der Waals surface area contributed by atoms with E-state index in [2.05, 4.69) is 25.8 Å². The third-order valence-electron chi connectivity index (χ3n) is 4.54. The molecule has 1 saturated heterocycles. The molecular formula is C20H32ClN5O2. The quantitative estimate of drug-likeness (QED) is 0.331. The molecule has 0 saturated carbocycles. The lowest BCUT2D eigenvalue weighted by molar-refractivity contribution is -0.116. The van der Waals surface area contributed by atoms with E-state index in [0.717, 1.165) is 69.6 Å². The molecule has 1 aromatic carbocycles. The van der Waals surface area contributed by atoms with Crippen LogP contribution in [0.2, 0.25) is 5.02 Å². The lowest BCUT2D eigenvalue weighted by Gasteiger charge is -2.26. The molecule has 1 aromatic rings. The molecule has 1 heterocycles. The molecule has 8 heteroatoms. The Morgan fingerprint density at radius 2 is 2.07 bits per heavy atom. The van der Waals surface area contributed by atoms with Crippen LogP contribution in [0, 0.1) is 6.92 Å². The topological polar surface area (TPSA) is 78.0 Å². The van der Waals surface area contributed by atoms with Gasteiger partial charge >= 0.3 is 0 Å². The molecule has 28 heavy (non-hydrogen) atoms. The van der Waals surface area contributed by atoms with E-state index < -0.39 is 0 Å². The summed E-state index contributed by atoms with van der Waals surface area (Å²) in [6.07, 6.45) is 1.36. The normalized spacial score (nSPS) is 15.3. The van der Waals surface area contributed by atoms with Crippen LogP contribution in [0.5, 0.6) is 0 Å². The summed E-state index contributed by atoms with van der Waals surface area (Å²) in [5, 5.41) is 9.99. The maximum Gasteiger partial charge on any atom is 0.226 e. The van der Waals surface area contributed by atoms with Crippen molar-refractivity contribution in [2.75, 3.05) is 57.8 Å². The molecule has 0 radical (unpaired) electrons. The Kier molecular flexibility index (Phi) is 10.1. The molecule has 0 bridgehead atoms. The minimum absolute atomic E-state index is 0.0546. The van der Waals surface area contributed by atoms with Crippen molar-refractivity contribution in [2.45, 2.75) is 26.7 Å². The average Bonchev–Trinajstić information content (AvgIpc) is 2.69. The van der Waals surface area contributed by atoms with E-state index in [1.54, 1.807) is 0 Å². The lowest BCUT2D eigenvalue weighted by atomic mass is 10.2. The van der Waals surface area contributed by atoms with Crippen molar-refractivity contribution in [2.24, 2.45) is 4.99 Å². The number of rotatable bonds is 9. The fraction of sp³-hybridized carbons (Fsp3) is 0.600. The summed E-state index contributed by atoms with van der Waals surface area (Å²) in [4.78, 5) is 19.2. The number of nitrogens with zero attached hydrogens (tertiary/aromatic N) is 2. The summed E-state index contributed by atoms with van der Waals surface area (Å²) in [5.41, 5.74) is 1.63. The van der Waals surface area contributed by atoms with Gasteiger partial charge in [0.05, 0.1) is 13.2 Å². The van der Waals surface area contributed by atoms with Crippen molar-refractivity contribution in [1.29, 1.82) is 0 Å². The summed E-state index contributed by atoms with van der Waals surface area (Å²) < 4.78 is 5.36. The second-order valence-electron chi connectivity index (χ2n) is 6.71. The van der Waals surface area contributed by atoms with Crippen molar-refractivity contribution in [3.8, 4) is 0 Å². The Morgan fingerprint density at radius 3 is 2.82 bits per heavy atom. The molecule has 1 amide bonds. The average molecular weight is 410 g/mol. The van der Waals surface area contributed by atoms with Crippen LogP contribution in [-0.4, -0.2) is 69.2 Å². The van der Waals surface area contributed by atoms with Crippen LogP contribution in [0.3, 0.4) is 0 Å². The highest BCUT2D eigenvalue weighted by atomic mass is 35.5. The molecule has 1 aliphatic rings. The highest BCUT2D eigenvalue weighted by Gasteiger charge is 2.09. The first kappa shape index (κ1) is 22.5. The molecule has 7 nitrogen and oxygen atoms in total. The number of benzene rings is 1. The highest BCUT2D eigenvalue weighted by Crippen LogP contribution is 2.22. The number of amides is 1. The Bertz CT molecular complexity index is 647. The Hall–Kier alpha value is -1.83. The van der Waals surface area contributed by atoms with Gasteiger partial charge in [-0.25, -0.2) is 0 Å². The van der Waals surface area contributed by atoms with Gasteiger partial charge in [0.25, 0.3) is 0 Å². The van der Waals surface area contributed by atoms with E-state index in [-0.39, 0.29) is 5.91 Å². The van der Waals surface area contributed by atoms with Crippen LogP contribution in [-0.2, 0) is 9.53 Å². The molecule has 0 spiro atoms. The van der Waals surface area contributed by atoms with Crippen LogP contribution < -0.4 is 16.0 Å². The van der Waals surface area contributed by atoms with Gasteiger partial charge in [0.1, 0.15) is 0 Å². The third-order valence-corrected chi connectivity index (χ3v) is 4.95. The van der Waals surface area contributed by atoms with E-state index in [1.165, 1.54) is 0 Å². The van der Waals surface area contributed by atoms with Gasteiger partial charge in [-0.15, -0.1) is 0 Å². The standard InChI is InChI=1S/C20H32ClN5O2/c1-3-22-20(23-9-5-11-26-12-14-28-15-13-26)24-10-8-19(27)25-18-7-4-6-17(21)16(18)2/h4,6-7H,3,5,8-15H2,1-2H3,(H,25,27)(H2,22,23,24). The van der Waals surface area contributed by atoms with Crippen molar-refractivity contribution in [3.05, 3.63) is 28.8 Å². The molecule has 0 aliphatic carbocycles. The third kappa shape index (κ3) is 8.04. The Labute approximate surface area is 172 Å². The summed E-state index contributed by atoms with van der Waals surface area (Å²) in [5.74, 6) is 0.692. The molecule has 156 valence electrons. The zero-order valence-corrected chi connectivity index (χ0v) is 17.6. The zero-order valence-electron chi connectivity index (χ0n) is 16.9. The molecule has 0 atom stereocenters. The van der Waals surface area contributed by atoms with Crippen LogP contribution >= 0.6 is 11.6 Å². The number of guanidine groups is 1. The number of carbonyl (C=O) groups excluding carboxylic acids is 1. The predicted molar refractivity (Wildman–Crippen MR) is 115 cm³/mol. The van der Waals surface area contributed by atoms with Gasteiger partial charge in [-0.2, -0.15) is 0 Å². The Morgan fingerprint density at radius 1 is 1.29 bits per heavy atom. The second-order valence-corrected chi connectivity index (χ2v) is 7.11. The molecule has 2 rings (SSSR count). The Balaban J connectivity index is 1.69. The number of hydrogen-bond acceptors (Lipinski definition) is 4. The van der Waals surface area contributed by atoms with Crippen LogP contribution in [0.4, 0.5) is 5.69 Å². The van der Waals surface area contributed by atoms with Crippen molar-refractivity contribution < 1.29 is 9.53 Å². The van der Waals surface area contributed by atoms with Crippen molar-refractivity contribution in [1.82, 2.24) is 15.5 Å². The number of hydrogen-bond donors (Lipinski definition) is 3. The van der Waals surface area contributed by atoms with Gasteiger partial charge in [0.15, 0.2) is 5.96 Å². The summed E-state index contributed by atoms with van der Waals surface area (Å²) in [6.45, 7) is 10.7. The largest absolute Gasteiger partial charge is 0.379 e. The van der Waals surface area contributed by atoms with E-state index in [4.69, 9.17) is 16.3 Å². The first-order valence-electron chi connectivity index (χ1n) is 9.97. The van der Waals surface area contributed by atoms with E-state index in [1.807, 2.05) is 32.0 Å². The first-order valence-corrected chi connectivity index (χ1v) is 10.3. The summed E-state index contributed by atoms with van der Waals surface area (Å²) in [6, 6.07) is 5.49. The van der Waals surface area contributed by atoms with Gasteiger partial charge in [0, 0.05) is 56.4 Å².